The first-order chi connectivity index (χ1) is 18.5. The molecule has 4 aromatic rings. The van der Waals surface area contributed by atoms with Crippen LogP contribution in [0.4, 0.5) is 5.69 Å². The van der Waals surface area contributed by atoms with Crippen LogP contribution in [0, 0.1) is 6.92 Å². The third-order valence-corrected chi connectivity index (χ3v) is 6.30. The molecule has 1 atom stereocenters. The summed E-state index contributed by atoms with van der Waals surface area (Å²) in [6, 6.07) is 29.9. The topological polar surface area (TPSA) is 76.1 Å². The maximum absolute atomic E-state index is 13.5. The fourth-order valence-electron chi connectivity index (χ4n) is 4.62. The summed E-state index contributed by atoms with van der Waals surface area (Å²) in [5, 5.41) is 11.4. The van der Waals surface area contributed by atoms with Crippen molar-refractivity contribution in [1.29, 1.82) is 0 Å². The number of ether oxygens (including phenoxy) is 2. The number of carbonyl (C=O) groups excluding carboxylic acids is 2. The summed E-state index contributed by atoms with van der Waals surface area (Å²) in [5.41, 5.74) is 2.52. The van der Waals surface area contributed by atoms with Crippen LogP contribution in [-0.4, -0.2) is 23.4 Å². The summed E-state index contributed by atoms with van der Waals surface area (Å²) in [7, 11) is 0. The van der Waals surface area contributed by atoms with E-state index < -0.39 is 17.7 Å². The van der Waals surface area contributed by atoms with Gasteiger partial charge in [0.05, 0.1) is 18.2 Å². The molecule has 1 heterocycles. The molecule has 0 aliphatic carbocycles. The standard InChI is InChI=1S/C32H27NO5/c1-3-37-26-16-9-12-23(20-26)30(34)28-29(33(32(36)31(28)35)24-13-7-10-21(2)18-24)22-11-8-17-27(19-22)38-25-14-5-4-6-15-25/h4-20,29,34H,3H2,1-2H3/b30-28-. The van der Waals surface area contributed by atoms with Crippen molar-refractivity contribution in [2.75, 3.05) is 11.5 Å². The van der Waals surface area contributed by atoms with Gasteiger partial charge in [-0.05, 0) is 73.5 Å². The Hall–Kier alpha value is -4.84. The van der Waals surface area contributed by atoms with Crippen molar-refractivity contribution >= 4 is 23.1 Å². The number of para-hydroxylation sites is 1. The second kappa shape index (κ2) is 10.6. The molecule has 5 rings (SSSR count). The zero-order chi connectivity index (χ0) is 26.6. The molecular weight excluding hydrogens is 478 g/mol. The van der Waals surface area contributed by atoms with E-state index in [2.05, 4.69) is 0 Å². The molecule has 38 heavy (non-hydrogen) atoms. The molecule has 190 valence electrons. The molecule has 0 radical (unpaired) electrons. The fourth-order valence-corrected chi connectivity index (χ4v) is 4.62. The largest absolute Gasteiger partial charge is 0.507 e. The molecule has 1 unspecified atom stereocenters. The third-order valence-electron chi connectivity index (χ3n) is 6.30. The van der Waals surface area contributed by atoms with Crippen LogP contribution in [-0.2, 0) is 9.59 Å². The van der Waals surface area contributed by atoms with Crippen LogP contribution in [0.2, 0.25) is 0 Å². The summed E-state index contributed by atoms with van der Waals surface area (Å²) >= 11 is 0. The number of hydrogen-bond acceptors (Lipinski definition) is 5. The minimum atomic E-state index is -0.869. The highest BCUT2D eigenvalue weighted by molar-refractivity contribution is 6.51. The maximum atomic E-state index is 13.5. The first kappa shape index (κ1) is 24.8. The quantitative estimate of drug-likeness (QED) is 0.170. The minimum absolute atomic E-state index is 0.00187. The second-order valence-corrected chi connectivity index (χ2v) is 8.96. The van der Waals surface area contributed by atoms with Crippen LogP contribution in [0.1, 0.15) is 29.7 Å². The van der Waals surface area contributed by atoms with E-state index >= 15 is 0 Å². The molecule has 6 heteroatoms. The Kier molecular flexibility index (Phi) is 6.96. The van der Waals surface area contributed by atoms with Crippen molar-refractivity contribution < 1.29 is 24.2 Å². The van der Waals surface area contributed by atoms with E-state index in [1.807, 2.05) is 68.4 Å². The van der Waals surface area contributed by atoms with Crippen LogP contribution in [0.25, 0.3) is 5.76 Å². The first-order valence-corrected chi connectivity index (χ1v) is 12.4. The van der Waals surface area contributed by atoms with Crippen LogP contribution in [0.5, 0.6) is 17.2 Å². The van der Waals surface area contributed by atoms with Gasteiger partial charge in [0.15, 0.2) is 0 Å². The lowest BCUT2D eigenvalue weighted by molar-refractivity contribution is -0.132. The second-order valence-electron chi connectivity index (χ2n) is 8.96. The number of amides is 1. The van der Waals surface area contributed by atoms with E-state index in [1.165, 1.54) is 4.90 Å². The number of benzene rings is 4. The molecule has 1 saturated heterocycles. The molecule has 0 spiro atoms. The summed E-state index contributed by atoms with van der Waals surface area (Å²) in [4.78, 5) is 28.4. The highest BCUT2D eigenvalue weighted by atomic mass is 16.5. The van der Waals surface area contributed by atoms with E-state index in [1.54, 1.807) is 48.5 Å². The number of aliphatic hydroxyl groups is 1. The number of hydrogen-bond donors (Lipinski definition) is 1. The Bertz CT molecular complexity index is 1530. The molecule has 1 aliphatic heterocycles. The number of aryl methyl sites for hydroxylation is 1. The van der Waals surface area contributed by atoms with Crippen molar-refractivity contribution in [3.63, 3.8) is 0 Å². The molecule has 1 amide bonds. The Morgan fingerprint density at radius 3 is 2.29 bits per heavy atom. The van der Waals surface area contributed by atoms with Gasteiger partial charge in [0.2, 0.25) is 0 Å². The van der Waals surface area contributed by atoms with Gasteiger partial charge in [-0.1, -0.05) is 54.6 Å². The molecule has 4 aromatic carbocycles. The predicted octanol–water partition coefficient (Wildman–Crippen LogP) is 6.81. The Morgan fingerprint density at radius 2 is 1.53 bits per heavy atom. The van der Waals surface area contributed by atoms with Gasteiger partial charge in [-0.25, -0.2) is 0 Å². The number of aliphatic hydroxyl groups excluding tert-OH is 1. The average Bonchev–Trinajstić information content (AvgIpc) is 3.19. The predicted molar refractivity (Wildman–Crippen MR) is 147 cm³/mol. The zero-order valence-electron chi connectivity index (χ0n) is 21.1. The number of ketones is 1. The van der Waals surface area contributed by atoms with Gasteiger partial charge in [-0.15, -0.1) is 0 Å². The molecule has 0 aromatic heterocycles. The number of anilines is 1. The molecule has 1 fully saturated rings. The summed E-state index contributed by atoms with van der Waals surface area (Å²) in [5.74, 6) is 0.0217. The Balaban J connectivity index is 1.66. The van der Waals surface area contributed by atoms with E-state index in [9.17, 15) is 14.7 Å². The smallest absolute Gasteiger partial charge is 0.300 e. The Labute approximate surface area is 221 Å². The van der Waals surface area contributed by atoms with Crippen molar-refractivity contribution in [2.45, 2.75) is 19.9 Å². The van der Waals surface area contributed by atoms with E-state index in [0.717, 1.165) is 5.56 Å². The lowest BCUT2D eigenvalue weighted by Crippen LogP contribution is -2.29. The molecule has 1 N–H and O–H groups in total. The van der Waals surface area contributed by atoms with Gasteiger partial charge < -0.3 is 14.6 Å². The third kappa shape index (κ3) is 4.89. The normalized spacial score (nSPS) is 16.5. The van der Waals surface area contributed by atoms with Gasteiger partial charge in [-0.3, -0.25) is 14.5 Å². The van der Waals surface area contributed by atoms with Gasteiger partial charge in [0.25, 0.3) is 11.7 Å². The van der Waals surface area contributed by atoms with Gasteiger partial charge in [-0.2, -0.15) is 0 Å². The van der Waals surface area contributed by atoms with Crippen molar-refractivity contribution in [3.8, 4) is 17.2 Å². The number of carbonyl (C=O) groups is 2. The van der Waals surface area contributed by atoms with Gasteiger partial charge in [0, 0.05) is 11.3 Å². The van der Waals surface area contributed by atoms with Crippen LogP contribution >= 0.6 is 0 Å². The zero-order valence-corrected chi connectivity index (χ0v) is 21.1. The molecule has 0 saturated carbocycles. The summed E-state index contributed by atoms with van der Waals surface area (Å²) < 4.78 is 11.6. The maximum Gasteiger partial charge on any atom is 0.300 e. The highest BCUT2D eigenvalue weighted by Crippen LogP contribution is 2.43. The molecule has 1 aliphatic rings. The number of nitrogens with zero attached hydrogens (tertiary/aromatic N) is 1. The lowest BCUT2D eigenvalue weighted by Gasteiger charge is -2.26. The SMILES string of the molecule is CCOc1cccc(/C(O)=C2/C(=O)C(=O)N(c3cccc(C)c3)C2c2cccc(Oc3ccccc3)c2)c1. The molecular formula is C32H27NO5. The van der Waals surface area contributed by atoms with Crippen LogP contribution in [0.15, 0.2) is 109 Å². The van der Waals surface area contributed by atoms with Crippen molar-refractivity contribution in [2.24, 2.45) is 0 Å². The number of Topliss-reactive ketones (excluding diaryl/α,β-unsaturated/α-hetero) is 1. The van der Waals surface area contributed by atoms with Gasteiger partial charge >= 0.3 is 0 Å². The monoisotopic (exact) mass is 505 g/mol. The van der Waals surface area contributed by atoms with Gasteiger partial charge in [0.1, 0.15) is 23.0 Å². The van der Waals surface area contributed by atoms with Crippen LogP contribution < -0.4 is 14.4 Å². The Morgan fingerprint density at radius 1 is 0.816 bits per heavy atom. The van der Waals surface area contributed by atoms with Crippen molar-refractivity contribution in [3.05, 3.63) is 125 Å². The van der Waals surface area contributed by atoms with E-state index in [0.29, 0.717) is 40.7 Å². The van der Waals surface area contributed by atoms with E-state index in [4.69, 9.17) is 9.47 Å². The average molecular weight is 506 g/mol. The lowest BCUT2D eigenvalue weighted by atomic mass is 9.95. The van der Waals surface area contributed by atoms with Crippen LogP contribution in [0.3, 0.4) is 0 Å². The first-order valence-electron chi connectivity index (χ1n) is 12.4. The molecule has 0 bridgehead atoms. The summed E-state index contributed by atoms with van der Waals surface area (Å²) in [6.07, 6.45) is 0. The number of rotatable bonds is 7. The summed E-state index contributed by atoms with van der Waals surface area (Å²) in [6.45, 7) is 4.24. The molecule has 6 nitrogen and oxygen atoms in total. The van der Waals surface area contributed by atoms with E-state index in [-0.39, 0.29) is 11.3 Å². The fraction of sp³-hybridized carbons (Fsp3) is 0.125. The minimum Gasteiger partial charge on any atom is -0.507 e. The van der Waals surface area contributed by atoms with Crippen molar-refractivity contribution in [1.82, 2.24) is 0 Å². The highest BCUT2D eigenvalue weighted by Gasteiger charge is 2.47.